The van der Waals surface area contributed by atoms with Gasteiger partial charge in [0.15, 0.2) is 0 Å². The minimum atomic E-state index is -0.235. The molecule has 0 bridgehead atoms. The molecule has 3 nitrogen and oxygen atoms in total. The van der Waals surface area contributed by atoms with Gasteiger partial charge in [0.1, 0.15) is 0 Å². The second-order valence-electron chi connectivity index (χ2n) is 7.87. The Morgan fingerprint density at radius 2 is 1.46 bits per heavy atom. The van der Waals surface area contributed by atoms with E-state index in [4.69, 9.17) is 0 Å². The molecule has 2 aliphatic heterocycles. The molecule has 1 N–H and O–H groups in total. The van der Waals surface area contributed by atoms with Crippen molar-refractivity contribution in [2.45, 2.75) is 43.9 Å². The average molecular weight is 351 g/mol. The van der Waals surface area contributed by atoms with Crippen LogP contribution in [0, 0.1) is 0 Å². The summed E-state index contributed by atoms with van der Waals surface area (Å²) in [5.41, 5.74) is 2.81. The summed E-state index contributed by atoms with van der Waals surface area (Å²) < 4.78 is 0. The number of benzene rings is 2. The van der Waals surface area contributed by atoms with Crippen molar-refractivity contribution >= 4 is 0 Å². The lowest BCUT2D eigenvalue weighted by Crippen LogP contribution is -2.55. The standard InChI is InChI=1S/C23H30N2O/c26-23-18-24(17-19-7-3-1-4-8-19)14-13-22(23)25-15-11-21(12-16-25)20-9-5-2-6-10-20/h1-10,21-23,26H,11-18H2. The minimum Gasteiger partial charge on any atom is -0.390 e. The van der Waals surface area contributed by atoms with Crippen molar-refractivity contribution in [3.63, 3.8) is 0 Å². The molecule has 2 aromatic carbocycles. The molecule has 2 saturated heterocycles. The Bertz CT molecular complexity index is 667. The molecule has 2 atom stereocenters. The first kappa shape index (κ1) is 17.7. The van der Waals surface area contributed by atoms with Crippen LogP contribution in [0.3, 0.4) is 0 Å². The average Bonchev–Trinajstić information content (AvgIpc) is 2.70. The van der Waals surface area contributed by atoms with Crippen molar-refractivity contribution in [2.75, 3.05) is 26.2 Å². The van der Waals surface area contributed by atoms with Crippen LogP contribution in [0.4, 0.5) is 0 Å². The van der Waals surface area contributed by atoms with Gasteiger partial charge in [0.05, 0.1) is 6.10 Å². The van der Waals surface area contributed by atoms with Crippen molar-refractivity contribution in [3.8, 4) is 0 Å². The SMILES string of the molecule is OC1CN(Cc2ccccc2)CCC1N1CCC(c2ccccc2)CC1. The van der Waals surface area contributed by atoms with E-state index in [0.717, 1.165) is 39.1 Å². The molecule has 26 heavy (non-hydrogen) atoms. The van der Waals surface area contributed by atoms with E-state index in [0.29, 0.717) is 12.0 Å². The fraction of sp³-hybridized carbons (Fsp3) is 0.478. The van der Waals surface area contributed by atoms with E-state index < -0.39 is 0 Å². The zero-order chi connectivity index (χ0) is 17.8. The third kappa shape index (κ3) is 4.17. The highest BCUT2D eigenvalue weighted by Crippen LogP contribution is 2.30. The first-order chi connectivity index (χ1) is 12.8. The number of aliphatic hydroxyl groups is 1. The molecule has 2 aliphatic rings. The highest BCUT2D eigenvalue weighted by molar-refractivity contribution is 5.20. The lowest BCUT2D eigenvalue weighted by Gasteiger charge is -2.44. The van der Waals surface area contributed by atoms with E-state index in [1.165, 1.54) is 24.0 Å². The summed E-state index contributed by atoms with van der Waals surface area (Å²) in [6.07, 6.45) is 3.26. The quantitative estimate of drug-likeness (QED) is 0.914. The summed E-state index contributed by atoms with van der Waals surface area (Å²) in [6, 6.07) is 21.8. The van der Waals surface area contributed by atoms with Crippen LogP contribution in [0.5, 0.6) is 0 Å². The summed E-state index contributed by atoms with van der Waals surface area (Å²) in [6.45, 7) is 5.04. The molecule has 2 fully saturated rings. The zero-order valence-corrected chi connectivity index (χ0v) is 15.5. The fourth-order valence-corrected chi connectivity index (χ4v) is 4.69. The second-order valence-corrected chi connectivity index (χ2v) is 7.87. The third-order valence-electron chi connectivity index (χ3n) is 6.15. The van der Waals surface area contributed by atoms with Crippen molar-refractivity contribution in [1.82, 2.24) is 9.80 Å². The summed E-state index contributed by atoms with van der Waals surface area (Å²) in [5, 5.41) is 10.8. The number of hydrogen-bond donors (Lipinski definition) is 1. The van der Waals surface area contributed by atoms with Crippen LogP contribution in [-0.2, 0) is 6.54 Å². The van der Waals surface area contributed by atoms with Gasteiger partial charge in [-0.2, -0.15) is 0 Å². The fourth-order valence-electron chi connectivity index (χ4n) is 4.69. The smallest absolute Gasteiger partial charge is 0.0822 e. The van der Waals surface area contributed by atoms with Gasteiger partial charge < -0.3 is 5.11 Å². The van der Waals surface area contributed by atoms with Crippen LogP contribution in [0.25, 0.3) is 0 Å². The number of hydrogen-bond acceptors (Lipinski definition) is 3. The highest BCUT2D eigenvalue weighted by atomic mass is 16.3. The Hall–Kier alpha value is -1.68. The van der Waals surface area contributed by atoms with Crippen LogP contribution in [-0.4, -0.2) is 53.2 Å². The van der Waals surface area contributed by atoms with Crippen LogP contribution >= 0.6 is 0 Å². The number of rotatable bonds is 4. The van der Waals surface area contributed by atoms with Gasteiger partial charge in [-0.05, 0) is 49.4 Å². The first-order valence-corrected chi connectivity index (χ1v) is 10.0. The van der Waals surface area contributed by atoms with Crippen molar-refractivity contribution in [3.05, 3.63) is 71.8 Å². The van der Waals surface area contributed by atoms with E-state index in [-0.39, 0.29) is 6.10 Å². The summed E-state index contributed by atoms with van der Waals surface area (Å²) in [5.74, 6) is 0.683. The van der Waals surface area contributed by atoms with Gasteiger partial charge in [-0.1, -0.05) is 60.7 Å². The molecule has 0 amide bonds. The molecule has 0 spiro atoms. The molecule has 2 heterocycles. The largest absolute Gasteiger partial charge is 0.390 e. The molecule has 0 radical (unpaired) electrons. The molecule has 2 unspecified atom stereocenters. The number of nitrogens with zero attached hydrogens (tertiary/aromatic N) is 2. The Morgan fingerprint density at radius 1 is 0.808 bits per heavy atom. The summed E-state index contributed by atoms with van der Waals surface area (Å²) >= 11 is 0. The van der Waals surface area contributed by atoms with E-state index in [1.54, 1.807) is 0 Å². The molecular weight excluding hydrogens is 320 g/mol. The van der Waals surface area contributed by atoms with E-state index in [1.807, 2.05) is 0 Å². The lowest BCUT2D eigenvalue weighted by molar-refractivity contribution is -0.0231. The molecule has 0 aromatic heterocycles. The molecule has 4 rings (SSSR count). The Labute approximate surface area is 157 Å². The molecular formula is C23H30N2O. The Balaban J connectivity index is 1.29. The van der Waals surface area contributed by atoms with Gasteiger partial charge in [0.25, 0.3) is 0 Å². The molecule has 3 heteroatoms. The molecule has 2 aromatic rings. The predicted octanol–water partition coefficient (Wildman–Crippen LogP) is 3.50. The predicted molar refractivity (Wildman–Crippen MR) is 106 cm³/mol. The van der Waals surface area contributed by atoms with Crippen molar-refractivity contribution in [1.29, 1.82) is 0 Å². The summed E-state index contributed by atoms with van der Waals surface area (Å²) in [4.78, 5) is 4.94. The van der Waals surface area contributed by atoms with Crippen LogP contribution in [0.15, 0.2) is 60.7 Å². The maximum atomic E-state index is 10.8. The lowest BCUT2D eigenvalue weighted by atomic mass is 9.87. The zero-order valence-electron chi connectivity index (χ0n) is 15.5. The van der Waals surface area contributed by atoms with E-state index in [9.17, 15) is 5.11 Å². The number of β-amino-alcohol motifs (C(OH)–C–C–N with tert-alkyl or cyclic N) is 1. The van der Waals surface area contributed by atoms with Gasteiger partial charge in [-0.3, -0.25) is 9.80 Å². The topological polar surface area (TPSA) is 26.7 Å². The normalized spacial score (nSPS) is 26.0. The molecule has 0 aliphatic carbocycles. The highest BCUT2D eigenvalue weighted by Gasteiger charge is 2.34. The number of likely N-dealkylation sites (tertiary alicyclic amines) is 2. The maximum absolute atomic E-state index is 10.8. The van der Waals surface area contributed by atoms with Gasteiger partial charge in [-0.25, -0.2) is 0 Å². The first-order valence-electron chi connectivity index (χ1n) is 10.0. The van der Waals surface area contributed by atoms with Crippen LogP contribution in [0.2, 0.25) is 0 Å². The number of piperidine rings is 2. The maximum Gasteiger partial charge on any atom is 0.0822 e. The molecule has 138 valence electrons. The van der Waals surface area contributed by atoms with Gasteiger partial charge in [-0.15, -0.1) is 0 Å². The third-order valence-corrected chi connectivity index (χ3v) is 6.15. The van der Waals surface area contributed by atoms with Crippen LogP contribution in [0.1, 0.15) is 36.3 Å². The van der Waals surface area contributed by atoms with Gasteiger partial charge in [0, 0.05) is 25.7 Å². The van der Waals surface area contributed by atoms with Gasteiger partial charge >= 0.3 is 0 Å². The van der Waals surface area contributed by atoms with Crippen LogP contribution < -0.4 is 0 Å². The molecule has 0 saturated carbocycles. The monoisotopic (exact) mass is 350 g/mol. The van der Waals surface area contributed by atoms with Gasteiger partial charge in [0.2, 0.25) is 0 Å². The number of aliphatic hydroxyl groups excluding tert-OH is 1. The van der Waals surface area contributed by atoms with E-state index in [2.05, 4.69) is 70.5 Å². The minimum absolute atomic E-state index is 0.235. The van der Waals surface area contributed by atoms with Crippen molar-refractivity contribution in [2.24, 2.45) is 0 Å². The van der Waals surface area contributed by atoms with E-state index >= 15 is 0 Å². The Kier molecular flexibility index (Phi) is 5.68. The Morgan fingerprint density at radius 3 is 2.12 bits per heavy atom. The summed E-state index contributed by atoms with van der Waals surface area (Å²) in [7, 11) is 0. The second kappa shape index (κ2) is 8.34. The van der Waals surface area contributed by atoms with Crippen molar-refractivity contribution < 1.29 is 5.11 Å².